The lowest BCUT2D eigenvalue weighted by Gasteiger charge is -2.11. The van der Waals surface area contributed by atoms with Gasteiger partial charge in [-0.15, -0.1) is 0 Å². The van der Waals surface area contributed by atoms with E-state index in [1.165, 1.54) is 0 Å². The van der Waals surface area contributed by atoms with E-state index in [1.54, 1.807) is 0 Å². The molecule has 0 aliphatic carbocycles. The highest BCUT2D eigenvalue weighted by Crippen LogP contribution is 2.32. The summed E-state index contributed by atoms with van der Waals surface area (Å²) in [5, 5.41) is 0. The molecule has 134 valence electrons. The Kier molecular flexibility index (Phi) is 3.99. The van der Waals surface area contributed by atoms with Crippen LogP contribution >= 0.6 is 0 Å². The molecule has 0 atom stereocenters. The van der Waals surface area contributed by atoms with Gasteiger partial charge >= 0.3 is 0 Å². The number of nitrogens with zero attached hydrogens (tertiary/aromatic N) is 3. The van der Waals surface area contributed by atoms with Crippen LogP contribution in [0.25, 0.3) is 39.4 Å². The van der Waals surface area contributed by atoms with Crippen LogP contribution in [0.5, 0.6) is 0 Å². The Morgan fingerprint density at radius 3 is 1.86 bits per heavy atom. The highest BCUT2D eigenvalue weighted by Gasteiger charge is 2.17. The maximum Gasteiger partial charge on any atom is 0.145 e. The second-order valence-corrected chi connectivity index (χ2v) is 6.80. The first kappa shape index (κ1) is 16.5. The summed E-state index contributed by atoms with van der Waals surface area (Å²) in [5.74, 6) is 0.928. The van der Waals surface area contributed by atoms with Crippen LogP contribution < -0.4 is 0 Å². The molecule has 5 aromatic rings. The van der Waals surface area contributed by atoms with Gasteiger partial charge in [-0.3, -0.25) is 9.55 Å². The summed E-state index contributed by atoms with van der Waals surface area (Å²) < 4.78 is 2.21. The van der Waals surface area contributed by atoms with E-state index in [1.807, 2.05) is 42.5 Å². The molecule has 5 rings (SSSR count). The van der Waals surface area contributed by atoms with Crippen molar-refractivity contribution in [3.63, 3.8) is 0 Å². The number of para-hydroxylation sites is 1. The van der Waals surface area contributed by atoms with Crippen LogP contribution in [0.1, 0.15) is 5.69 Å². The Morgan fingerprint density at radius 2 is 1.21 bits per heavy atom. The van der Waals surface area contributed by atoms with Gasteiger partial charge in [-0.2, -0.15) is 0 Å². The first-order valence-corrected chi connectivity index (χ1v) is 9.37. The van der Waals surface area contributed by atoms with Crippen LogP contribution in [0.15, 0.2) is 97.1 Å². The molecule has 2 heterocycles. The molecule has 0 aliphatic rings. The standard InChI is InChI=1S/C25H19N3/c1-18-24-23(17-22(26-18)19-11-5-2-6-12-19)27-25(20-13-7-3-8-14-20)28(24)21-15-9-4-10-16-21/h2-17H,1H3. The Bertz CT molecular complexity index is 1240. The number of pyridine rings is 1. The second-order valence-electron chi connectivity index (χ2n) is 6.80. The smallest absolute Gasteiger partial charge is 0.145 e. The van der Waals surface area contributed by atoms with E-state index in [2.05, 4.69) is 66.1 Å². The first-order chi connectivity index (χ1) is 13.8. The third-order valence-electron chi connectivity index (χ3n) is 4.92. The fraction of sp³-hybridized carbons (Fsp3) is 0.0400. The quantitative estimate of drug-likeness (QED) is 0.391. The molecule has 0 N–H and O–H groups in total. The maximum absolute atomic E-state index is 5.03. The fourth-order valence-electron chi connectivity index (χ4n) is 3.65. The normalized spacial score (nSPS) is 11.0. The Balaban J connectivity index is 1.82. The molecule has 0 fully saturated rings. The van der Waals surface area contributed by atoms with E-state index in [0.29, 0.717) is 0 Å². The highest BCUT2D eigenvalue weighted by atomic mass is 15.1. The van der Waals surface area contributed by atoms with Crippen LogP contribution in [0.3, 0.4) is 0 Å². The lowest BCUT2D eigenvalue weighted by Crippen LogP contribution is -1.99. The summed E-state index contributed by atoms with van der Waals surface area (Å²) in [5.41, 5.74) is 7.18. The molecule has 0 bridgehead atoms. The Hall–Kier alpha value is -3.72. The maximum atomic E-state index is 5.03. The number of imidazole rings is 1. The zero-order valence-electron chi connectivity index (χ0n) is 15.6. The number of aryl methyl sites for hydroxylation is 1. The largest absolute Gasteiger partial charge is 0.291 e. The zero-order valence-corrected chi connectivity index (χ0v) is 15.6. The van der Waals surface area contributed by atoms with Gasteiger partial charge in [0.1, 0.15) is 5.82 Å². The molecule has 0 amide bonds. The van der Waals surface area contributed by atoms with Crippen molar-refractivity contribution in [3.8, 4) is 28.3 Å². The van der Waals surface area contributed by atoms with Crippen molar-refractivity contribution < 1.29 is 0 Å². The molecule has 3 nitrogen and oxygen atoms in total. The molecule has 2 aromatic heterocycles. The van der Waals surface area contributed by atoms with Crippen molar-refractivity contribution in [3.05, 3.63) is 103 Å². The van der Waals surface area contributed by atoms with Crippen molar-refractivity contribution in [1.82, 2.24) is 14.5 Å². The predicted octanol–water partition coefficient (Wildman–Crippen LogP) is 6.06. The molecular weight excluding hydrogens is 342 g/mol. The molecule has 0 unspecified atom stereocenters. The summed E-state index contributed by atoms with van der Waals surface area (Å²) in [6, 6.07) is 33.0. The van der Waals surface area contributed by atoms with E-state index in [0.717, 1.165) is 45.1 Å². The summed E-state index contributed by atoms with van der Waals surface area (Å²) in [4.78, 5) is 9.93. The molecular formula is C25H19N3. The molecule has 3 heteroatoms. The summed E-state index contributed by atoms with van der Waals surface area (Å²) in [6.45, 7) is 2.06. The minimum absolute atomic E-state index is 0.928. The lowest BCUT2D eigenvalue weighted by molar-refractivity contribution is 1.08. The van der Waals surface area contributed by atoms with Crippen molar-refractivity contribution in [2.24, 2.45) is 0 Å². The van der Waals surface area contributed by atoms with Gasteiger partial charge in [-0.1, -0.05) is 78.9 Å². The van der Waals surface area contributed by atoms with Gasteiger partial charge in [0.15, 0.2) is 0 Å². The molecule has 28 heavy (non-hydrogen) atoms. The molecule has 0 saturated heterocycles. The number of hydrogen-bond acceptors (Lipinski definition) is 2. The molecule has 0 saturated carbocycles. The summed E-state index contributed by atoms with van der Waals surface area (Å²) in [6.07, 6.45) is 0. The minimum atomic E-state index is 0.928. The van der Waals surface area contributed by atoms with Crippen LogP contribution in [0.2, 0.25) is 0 Å². The van der Waals surface area contributed by atoms with E-state index in [-0.39, 0.29) is 0 Å². The van der Waals surface area contributed by atoms with Crippen LogP contribution in [0.4, 0.5) is 0 Å². The van der Waals surface area contributed by atoms with Crippen LogP contribution in [-0.2, 0) is 0 Å². The third kappa shape index (κ3) is 2.78. The number of benzene rings is 3. The number of hydrogen-bond donors (Lipinski definition) is 0. The van der Waals surface area contributed by atoms with Gasteiger partial charge in [0, 0.05) is 16.8 Å². The second kappa shape index (κ2) is 6.78. The van der Waals surface area contributed by atoms with Crippen molar-refractivity contribution >= 4 is 11.0 Å². The van der Waals surface area contributed by atoms with Gasteiger partial charge < -0.3 is 0 Å². The van der Waals surface area contributed by atoms with Gasteiger partial charge in [0.05, 0.1) is 22.4 Å². The van der Waals surface area contributed by atoms with E-state index in [4.69, 9.17) is 9.97 Å². The number of fused-ring (bicyclic) bond motifs is 1. The summed E-state index contributed by atoms with van der Waals surface area (Å²) >= 11 is 0. The Morgan fingerprint density at radius 1 is 0.643 bits per heavy atom. The molecule has 3 aromatic carbocycles. The van der Waals surface area contributed by atoms with E-state index < -0.39 is 0 Å². The monoisotopic (exact) mass is 361 g/mol. The van der Waals surface area contributed by atoms with E-state index in [9.17, 15) is 0 Å². The van der Waals surface area contributed by atoms with Gasteiger partial charge in [0.25, 0.3) is 0 Å². The first-order valence-electron chi connectivity index (χ1n) is 9.37. The highest BCUT2D eigenvalue weighted by molar-refractivity contribution is 5.87. The summed E-state index contributed by atoms with van der Waals surface area (Å²) in [7, 11) is 0. The minimum Gasteiger partial charge on any atom is -0.291 e. The van der Waals surface area contributed by atoms with E-state index >= 15 is 0 Å². The fourth-order valence-corrected chi connectivity index (χ4v) is 3.65. The van der Waals surface area contributed by atoms with Crippen molar-refractivity contribution in [2.75, 3.05) is 0 Å². The number of rotatable bonds is 3. The SMILES string of the molecule is Cc1nc(-c2ccccc2)cc2nc(-c3ccccc3)n(-c3ccccc3)c12. The van der Waals surface area contributed by atoms with Gasteiger partial charge in [0.2, 0.25) is 0 Å². The molecule has 0 aliphatic heterocycles. The predicted molar refractivity (Wildman–Crippen MR) is 114 cm³/mol. The Labute approximate surface area is 164 Å². The van der Waals surface area contributed by atoms with Crippen LogP contribution in [0, 0.1) is 6.92 Å². The molecule has 0 spiro atoms. The number of aromatic nitrogens is 3. The van der Waals surface area contributed by atoms with Crippen molar-refractivity contribution in [2.45, 2.75) is 6.92 Å². The topological polar surface area (TPSA) is 30.7 Å². The average molecular weight is 361 g/mol. The zero-order chi connectivity index (χ0) is 18.9. The van der Waals surface area contributed by atoms with Gasteiger partial charge in [-0.25, -0.2) is 4.98 Å². The third-order valence-corrected chi connectivity index (χ3v) is 4.92. The van der Waals surface area contributed by atoms with Crippen LogP contribution in [-0.4, -0.2) is 14.5 Å². The average Bonchev–Trinajstić information content (AvgIpc) is 3.16. The lowest BCUT2D eigenvalue weighted by atomic mass is 10.1. The van der Waals surface area contributed by atoms with Crippen molar-refractivity contribution in [1.29, 1.82) is 0 Å². The molecule has 0 radical (unpaired) electrons. The van der Waals surface area contributed by atoms with Gasteiger partial charge in [-0.05, 0) is 25.1 Å².